The van der Waals surface area contributed by atoms with Crippen LogP contribution < -0.4 is 5.56 Å². The Hall–Kier alpha value is -2.58. The lowest BCUT2D eigenvalue weighted by Gasteiger charge is -2.31. The molecule has 0 spiro atoms. The summed E-state index contributed by atoms with van der Waals surface area (Å²) in [6, 6.07) is 4.61. The van der Waals surface area contributed by atoms with Gasteiger partial charge in [0.15, 0.2) is 5.58 Å². The van der Waals surface area contributed by atoms with Gasteiger partial charge in [-0.2, -0.15) is 0 Å². The highest BCUT2D eigenvalue weighted by atomic mass is 19.1. The fourth-order valence-electron chi connectivity index (χ4n) is 5.18. The van der Waals surface area contributed by atoms with E-state index >= 15 is 0 Å². The number of rotatable bonds is 5. The molecule has 0 bridgehead atoms. The molecule has 170 valence electrons. The van der Waals surface area contributed by atoms with Gasteiger partial charge in [0.2, 0.25) is 0 Å². The Balaban J connectivity index is 1.24. The molecule has 1 saturated heterocycles. The third kappa shape index (κ3) is 3.86. The van der Waals surface area contributed by atoms with E-state index in [9.17, 15) is 9.18 Å². The predicted octanol–water partition coefficient (Wildman–Crippen LogP) is 3.74. The molecule has 2 aliphatic heterocycles. The number of piperidine rings is 1. The minimum atomic E-state index is -0.310. The van der Waals surface area contributed by atoms with Gasteiger partial charge in [-0.25, -0.2) is 9.37 Å². The number of likely N-dealkylation sites (tertiary alicyclic amines) is 1. The predicted molar refractivity (Wildman–Crippen MR) is 118 cm³/mol. The second-order valence-corrected chi connectivity index (χ2v) is 8.93. The third-order valence-corrected chi connectivity index (χ3v) is 7.03. The maximum absolute atomic E-state index is 13.4. The monoisotopic (exact) mass is 440 g/mol. The third-order valence-electron chi connectivity index (χ3n) is 7.03. The number of hydrogen-bond donors (Lipinski definition) is 0. The summed E-state index contributed by atoms with van der Waals surface area (Å²) in [7, 11) is 1.68. The van der Waals surface area contributed by atoms with Crippen molar-refractivity contribution in [2.75, 3.05) is 26.7 Å². The van der Waals surface area contributed by atoms with Gasteiger partial charge >= 0.3 is 0 Å². The van der Waals surface area contributed by atoms with Crippen molar-refractivity contribution >= 4 is 11.0 Å². The van der Waals surface area contributed by atoms with Crippen LogP contribution in [0.2, 0.25) is 0 Å². The van der Waals surface area contributed by atoms with Gasteiger partial charge in [0.25, 0.3) is 5.56 Å². The Labute approximate surface area is 186 Å². The van der Waals surface area contributed by atoms with Crippen LogP contribution in [0, 0.1) is 12.7 Å². The normalized spacial score (nSPS) is 20.0. The summed E-state index contributed by atoms with van der Waals surface area (Å²) in [6.45, 7) is 5.36. The first-order valence-electron chi connectivity index (χ1n) is 11.5. The number of hydrogen-bond acceptors (Lipinski definition) is 6. The average molecular weight is 441 g/mol. The van der Waals surface area contributed by atoms with Crippen LogP contribution in [0.15, 0.2) is 27.5 Å². The van der Waals surface area contributed by atoms with Crippen LogP contribution in [-0.4, -0.2) is 46.4 Å². The molecule has 0 radical (unpaired) electrons. The van der Waals surface area contributed by atoms with E-state index in [1.54, 1.807) is 13.2 Å². The maximum atomic E-state index is 13.4. The number of fused-ring (bicyclic) bond motifs is 2. The number of benzene rings is 1. The van der Waals surface area contributed by atoms with E-state index in [1.807, 2.05) is 11.5 Å². The molecule has 32 heavy (non-hydrogen) atoms. The van der Waals surface area contributed by atoms with Crippen molar-refractivity contribution in [3.05, 3.63) is 57.1 Å². The van der Waals surface area contributed by atoms with E-state index in [1.165, 1.54) is 12.1 Å². The van der Waals surface area contributed by atoms with Gasteiger partial charge in [0.05, 0.1) is 5.69 Å². The number of methoxy groups -OCH3 is 1. The van der Waals surface area contributed by atoms with Crippen molar-refractivity contribution in [2.45, 2.75) is 57.6 Å². The van der Waals surface area contributed by atoms with E-state index in [0.717, 1.165) is 80.0 Å². The van der Waals surface area contributed by atoms with Crippen molar-refractivity contribution in [1.82, 2.24) is 19.6 Å². The Kier molecular flexibility index (Phi) is 5.82. The SMILES string of the molecule is COC1CCCn2c1nc(C)c(CCN1CCC(c3noc4cc(F)ccc34)CC1)c2=O. The molecule has 0 amide bonds. The number of nitrogens with zero attached hydrogens (tertiary/aromatic N) is 4. The van der Waals surface area contributed by atoms with Crippen LogP contribution in [0.1, 0.15) is 60.5 Å². The topological polar surface area (TPSA) is 73.4 Å². The standard InChI is InChI=1S/C24H29FN4O3/c1-15-18(24(30)29-10-3-4-20(31-2)23(29)26-15)9-13-28-11-7-16(8-12-28)22-19-6-5-17(25)14-21(19)32-27-22/h5-6,14,16,20H,3-4,7-13H2,1-2H3. The largest absolute Gasteiger partial charge is 0.374 e. The van der Waals surface area contributed by atoms with Gasteiger partial charge < -0.3 is 14.2 Å². The molecule has 5 rings (SSSR count). The highest BCUT2D eigenvalue weighted by Gasteiger charge is 2.27. The Morgan fingerprint density at radius 1 is 1.22 bits per heavy atom. The van der Waals surface area contributed by atoms with E-state index in [4.69, 9.17) is 14.2 Å². The molecule has 3 aromatic rings. The van der Waals surface area contributed by atoms with E-state index in [0.29, 0.717) is 17.9 Å². The van der Waals surface area contributed by atoms with Gasteiger partial charge in [-0.3, -0.25) is 9.36 Å². The van der Waals surface area contributed by atoms with Gasteiger partial charge in [0, 0.05) is 48.8 Å². The number of ether oxygens (including phenoxy) is 1. The summed E-state index contributed by atoms with van der Waals surface area (Å²) < 4.78 is 26.1. The Bertz CT molecular complexity index is 1180. The molecule has 1 unspecified atom stereocenters. The van der Waals surface area contributed by atoms with Crippen molar-refractivity contribution in [3.8, 4) is 0 Å². The molecule has 0 N–H and O–H groups in total. The molecule has 7 nitrogen and oxygen atoms in total. The number of aryl methyl sites for hydroxylation is 1. The molecule has 1 aromatic carbocycles. The average Bonchev–Trinajstić information content (AvgIpc) is 3.22. The molecular formula is C24H29FN4O3. The first-order valence-corrected chi connectivity index (χ1v) is 11.5. The summed E-state index contributed by atoms with van der Waals surface area (Å²) in [6.07, 6.45) is 4.39. The summed E-state index contributed by atoms with van der Waals surface area (Å²) >= 11 is 0. The zero-order valence-electron chi connectivity index (χ0n) is 18.6. The lowest BCUT2D eigenvalue weighted by molar-refractivity contribution is 0.0692. The highest BCUT2D eigenvalue weighted by Crippen LogP contribution is 2.33. The van der Waals surface area contributed by atoms with Gasteiger partial charge in [-0.15, -0.1) is 0 Å². The van der Waals surface area contributed by atoms with Crippen molar-refractivity contribution in [2.24, 2.45) is 0 Å². The molecule has 8 heteroatoms. The second-order valence-electron chi connectivity index (χ2n) is 8.93. The van der Waals surface area contributed by atoms with Crippen LogP contribution in [0.5, 0.6) is 0 Å². The zero-order chi connectivity index (χ0) is 22.2. The summed E-state index contributed by atoms with van der Waals surface area (Å²) in [4.78, 5) is 20.3. The maximum Gasteiger partial charge on any atom is 0.257 e. The molecule has 0 saturated carbocycles. The zero-order valence-corrected chi connectivity index (χ0v) is 18.6. The van der Waals surface area contributed by atoms with Gasteiger partial charge in [-0.1, -0.05) is 5.16 Å². The smallest absolute Gasteiger partial charge is 0.257 e. The lowest BCUT2D eigenvalue weighted by atomic mass is 9.91. The molecule has 2 aliphatic rings. The van der Waals surface area contributed by atoms with Gasteiger partial charge in [0.1, 0.15) is 17.7 Å². The molecule has 2 aromatic heterocycles. The number of halogens is 1. The van der Waals surface area contributed by atoms with Crippen molar-refractivity contribution in [1.29, 1.82) is 0 Å². The molecular weight excluding hydrogens is 411 g/mol. The van der Waals surface area contributed by atoms with E-state index in [-0.39, 0.29) is 17.5 Å². The summed E-state index contributed by atoms with van der Waals surface area (Å²) in [5.41, 5.74) is 3.17. The van der Waals surface area contributed by atoms with E-state index in [2.05, 4.69) is 10.1 Å². The fourth-order valence-corrected chi connectivity index (χ4v) is 5.18. The number of aromatic nitrogens is 3. The minimum absolute atomic E-state index is 0.0884. The fraction of sp³-hybridized carbons (Fsp3) is 0.542. The first kappa shape index (κ1) is 21.3. The van der Waals surface area contributed by atoms with Crippen LogP contribution in [0.4, 0.5) is 4.39 Å². The quantitative estimate of drug-likeness (QED) is 0.602. The Morgan fingerprint density at radius 2 is 2.03 bits per heavy atom. The van der Waals surface area contributed by atoms with Crippen molar-refractivity contribution in [3.63, 3.8) is 0 Å². The molecule has 0 aliphatic carbocycles. The van der Waals surface area contributed by atoms with Crippen LogP contribution >= 0.6 is 0 Å². The molecule has 1 fully saturated rings. The van der Waals surface area contributed by atoms with Crippen LogP contribution in [-0.2, 0) is 17.7 Å². The van der Waals surface area contributed by atoms with Crippen LogP contribution in [0.3, 0.4) is 0 Å². The summed E-state index contributed by atoms with van der Waals surface area (Å²) in [5, 5.41) is 5.14. The van der Waals surface area contributed by atoms with E-state index < -0.39 is 0 Å². The van der Waals surface area contributed by atoms with Crippen molar-refractivity contribution < 1.29 is 13.7 Å². The highest BCUT2D eigenvalue weighted by molar-refractivity contribution is 5.79. The molecule has 1 atom stereocenters. The first-order chi connectivity index (χ1) is 15.5. The minimum Gasteiger partial charge on any atom is -0.374 e. The van der Waals surface area contributed by atoms with Crippen LogP contribution in [0.25, 0.3) is 11.0 Å². The lowest BCUT2D eigenvalue weighted by Crippen LogP contribution is -2.38. The summed E-state index contributed by atoms with van der Waals surface area (Å²) in [5.74, 6) is 0.767. The van der Waals surface area contributed by atoms with Gasteiger partial charge in [-0.05, 0) is 64.3 Å². The Morgan fingerprint density at radius 3 is 2.81 bits per heavy atom. The second kappa shape index (κ2) is 8.75. The molecule has 4 heterocycles.